The van der Waals surface area contributed by atoms with Crippen molar-refractivity contribution in [2.75, 3.05) is 13.1 Å². The first-order valence-corrected chi connectivity index (χ1v) is 8.96. The third-order valence-corrected chi connectivity index (χ3v) is 5.08. The standard InChI is InChI=1S/C20H25N3O3/c1-12(2)18-16(9-21-23(18)15-7-5-13(3)6-8-15)19(24)22-10-14(4)17(11-22)20(25)26/h5-9,12,14,17H,10-11H2,1-4H3,(H,25,26)/t14-,17-/m1/s1. The van der Waals surface area contributed by atoms with E-state index >= 15 is 0 Å². The van der Waals surface area contributed by atoms with Crippen LogP contribution in [0.2, 0.25) is 0 Å². The van der Waals surface area contributed by atoms with Gasteiger partial charge in [-0.25, -0.2) is 4.68 Å². The molecule has 0 spiro atoms. The molecule has 1 aliphatic rings. The summed E-state index contributed by atoms with van der Waals surface area (Å²) in [5.74, 6) is -1.43. The van der Waals surface area contributed by atoms with E-state index in [0.717, 1.165) is 16.9 Å². The van der Waals surface area contributed by atoms with Crippen LogP contribution in [0, 0.1) is 18.8 Å². The predicted molar refractivity (Wildman–Crippen MR) is 98.6 cm³/mol. The van der Waals surface area contributed by atoms with E-state index in [2.05, 4.69) is 5.10 Å². The fourth-order valence-electron chi connectivity index (χ4n) is 3.59. The Hall–Kier alpha value is -2.63. The largest absolute Gasteiger partial charge is 0.481 e. The number of benzene rings is 1. The number of amides is 1. The number of hydrogen-bond acceptors (Lipinski definition) is 3. The van der Waals surface area contributed by atoms with Gasteiger partial charge >= 0.3 is 5.97 Å². The number of aromatic nitrogens is 2. The Bertz CT molecular complexity index is 823. The van der Waals surface area contributed by atoms with E-state index in [-0.39, 0.29) is 24.3 Å². The van der Waals surface area contributed by atoms with Gasteiger partial charge in [-0.05, 0) is 30.9 Å². The Balaban J connectivity index is 1.94. The highest BCUT2D eigenvalue weighted by Gasteiger charge is 2.38. The molecule has 1 amide bonds. The number of likely N-dealkylation sites (tertiary alicyclic amines) is 1. The summed E-state index contributed by atoms with van der Waals surface area (Å²) in [4.78, 5) is 26.1. The van der Waals surface area contributed by atoms with Crippen LogP contribution in [0.3, 0.4) is 0 Å². The maximum atomic E-state index is 13.1. The van der Waals surface area contributed by atoms with Crippen molar-refractivity contribution in [1.29, 1.82) is 0 Å². The first-order valence-electron chi connectivity index (χ1n) is 8.96. The van der Waals surface area contributed by atoms with Gasteiger partial charge in [-0.2, -0.15) is 5.10 Å². The molecule has 1 aliphatic heterocycles. The van der Waals surface area contributed by atoms with Gasteiger partial charge in [0, 0.05) is 13.1 Å². The number of carboxylic acids is 1. The van der Waals surface area contributed by atoms with E-state index in [4.69, 9.17) is 0 Å². The normalized spacial score (nSPS) is 20.0. The van der Waals surface area contributed by atoms with E-state index < -0.39 is 11.9 Å². The molecule has 3 rings (SSSR count). The number of carbonyl (C=O) groups excluding carboxylic acids is 1. The number of nitrogens with zero attached hydrogens (tertiary/aromatic N) is 3. The first-order chi connectivity index (χ1) is 12.3. The van der Waals surface area contributed by atoms with Crippen LogP contribution in [-0.2, 0) is 4.79 Å². The third kappa shape index (κ3) is 3.23. The molecule has 1 N–H and O–H groups in total. The van der Waals surface area contributed by atoms with Crippen LogP contribution < -0.4 is 0 Å². The molecule has 0 saturated carbocycles. The molecule has 6 heteroatoms. The lowest BCUT2D eigenvalue weighted by Crippen LogP contribution is -2.30. The number of aliphatic carboxylic acids is 1. The van der Waals surface area contributed by atoms with Gasteiger partial charge in [-0.3, -0.25) is 9.59 Å². The van der Waals surface area contributed by atoms with Gasteiger partial charge in [0.25, 0.3) is 5.91 Å². The maximum absolute atomic E-state index is 13.1. The monoisotopic (exact) mass is 355 g/mol. The van der Waals surface area contributed by atoms with E-state index in [9.17, 15) is 14.7 Å². The number of carboxylic acid groups (broad SMARTS) is 1. The Kier molecular flexibility index (Phi) is 4.85. The molecular weight excluding hydrogens is 330 g/mol. The molecule has 2 aromatic rings. The fourth-order valence-corrected chi connectivity index (χ4v) is 3.59. The number of carbonyl (C=O) groups is 2. The number of rotatable bonds is 4. The summed E-state index contributed by atoms with van der Waals surface area (Å²) >= 11 is 0. The summed E-state index contributed by atoms with van der Waals surface area (Å²) in [6.45, 7) is 8.69. The van der Waals surface area contributed by atoms with Crippen molar-refractivity contribution in [1.82, 2.24) is 14.7 Å². The van der Waals surface area contributed by atoms with Gasteiger partial charge in [0.05, 0.1) is 29.1 Å². The van der Waals surface area contributed by atoms with Crippen molar-refractivity contribution in [3.63, 3.8) is 0 Å². The molecule has 1 aromatic heterocycles. The summed E-state index contributed by atoms with van der Waals surface area (Å²) in [6, 6.07) is 8.01. The van der Waals surface area contributed by atoms with Gasteiger partial charge in [-0.15, -0.1) is 0 Å². The van der Waals surface area contributed by atoms with Crippen molar-refractivity contribution in [2.45, 2.75) is 33.6 Å². The SMILES string of the molecule is Cc1ccc(-n2ncc(C(=O)N3C[C@@H](C)[C@H](C(=O)O)C3)c2C(C)C)cc1. The Morgan fingerprint density at radius 2 is 1.85 bits per heavy atom. The van der Waals surface area contributed by atoms with E-state index in [0.29, 0.717) is 12.1 Å². The first kappa shape index (κ1) is 18.2. The summed E-state index contributed by atoms with van der Waals surface area (Å²) < 4.78 is 1.81. The topological polar surface area (TPSA) is 75.4 Å². The minimum absolute atomic E-state index is 0.0499. The summed E-state index contributed by atoms with van der Waals surface area (Å²) in [5, 5.41) is 13.8. The smallest absolute Gasteiger partial charge is 0.308 e. The second-order valence-electron chi connectivity index (χ2n) is 7.48. The Labute approximate surface area is 153 Å². The summed E-state index contributed by atoms with van der Waals surface area (Å²) in [6.07, 6.45) is 1.61. The second kappa shape index (κ2) is 6.94. The van der Waals surface area contributed by atoms with Gasteiger partial charge in [0.15, 0.2) is 0 Å². The molecule has 6 nitrogen and oxygen atoms in total. The molecule has 26 heavy (non-hydrogen) atoms. The number of aryl methyl sites for hydroxylation is 1. The quantitative estimate of drug-likeness (QED) is 0.914. The van der Waals surface area contributed by atoms with Crippen LogP contribution in [0.15, 0.2) is 30.5 Å². The third-order valence-electron chi connectivity index (χ3n) is 5.08. The lowest BCUT2D eigenvalue weighted by molar-refractivity contribution is -0.142. The molecule has 0 aliphatic carbocycles. The van der Waals surface area contributed by atoms with Crippen LogP contribution >= 0.6 is 0 Å². The average molecular weight is 355 g/mol. The fraction of sp³-hybridized carbons (Fsp3) is 0.450. The van der Waals surface area contributed by atoms with Gasteiger partial charge in [-0.1, -0.05) is 38.5 Å². The average Bonchev–Trinajstić information content (AvgIpc) is 3.19. The molecule has 0 radical (unpaired) electrons. The maximum Gasteiger partial charge on any atom is 0.308 e. The zero-order valence-electron chi connectivity index (χ0n) is 15.6. The Morgan fingerprint density at radius 1 is 1.19 bits per heavy atom. The highest BCUT2D eigenvalue weighted by atomic mass is 16.4. The zero-order chi connectivity index (χ0) is 19.0. The zero-order valence-corrected chi connectivity index (χ0v) is 15.6. The molecule has 138 valence electrons. The molecule has 2 atom stereocenters. The van der Waals surface area contributed by atoms with Crippen molar-refractivity contribution in [2.24, 2.45) is 11.8 Å². The highest BCUT2D eigenvalue weighted by Crippen LogP contribution is 2.28. The van der Waals surface area contributed by atoms with Gasteiger partial charge in [0.2, 0.25) is 0 Å². The van der Waals surface area contributed by atoms with Crippen molar-refractivity contribution >= 4 is 11.9 Å². The van der Waals surface area contributed by atoms with Crippen molar-refractivity contribution in [3.8, 4) is 5.69 Å². The molecule has 0 unspecified atom stereocenters. The Morgan fingerprint density at radius 3 is 2.38 bits per heavy atom. The lowest BCUT2D eigenvalue weighted by Gasteiger charge is -2.18. The molecule has 1 aromatic carbocycles. The van der Waals surface area contributed by atoms with Gasteiger partial charge in [0.1, 0.15) is 0 Å². The lowest BCUT2D eigenvalue weighted by atomic mass is 9.99. The van der Waals surface area contributed by atoms with Crippen LogP contribution in [0.4, 0.5) is 0 Å². The molecular formula is C20H25N3O3. The van der Waals surface area contributed by atoms with E-state index in [1.807, 2.05) is 56.6 Å². The predicted octanol–water partition coefficient (Wildman–Crippen LogP) is 3.10. The summed E-state index contributed by atoms with van der Waals surface area (Å²) in [5.41, 5.74) is 3.48. The molecule has 2 heterocycles. The van der Waals surface area contributed by atoms with E-state index in [1.54, 1.807) is 11.1 Å². The second-order valence-corrected chi connectivity index (χ2v) is 7.48. The van der Waals surface area contributed by atoms with E-state index in [1.165, 1.54) is 0 Å². The molecule has 1 fully saturated rings. The van der Waals surface area contributed by atoms with Crippen molar-refractivity contribution < 1.29 is 14.7 Å². The molecule has 0 bridgehead atoms. The molecule has 1 saturated heterocycles. The van der Waals surface area contributed by atoms with Crippen LogP contribution in [-0.4, -0.2) is 44.8 Å². The van der Waals surface area contributed by atoms with Crippen LogP contribution in [0.1, 0.15) is 48.3 Å². The van der Waals surface area contributed by atoms with Crippen molar-refractivity contribution in [3.05, 3.63) is 47.3 Å². The minimum Gasteiger partial charge on any atom is -0.481 e. The number of hydrogen-bond donors (Lipinski definition) is 1. The van der Waals surface area contributed by atoms with Crippen LogP contribution in [0.25, 0.3) is 5.69 Å². The highest BCUT2D eigenvalue weighted by molar-refractivity contribution is 5.96. The van der Waals surface area contributed by atoms with Gasteiger partial charge < -0.3 is 10.0 Å². The van der Waals surface area contributed by atoms with Crippen LogP contribution in [0.5, 0.6) is 0 Å². The minimum atomic E-state index is -0.841. The summed E-state index contributed by atoms with van der Waals surface area (Å²) in [7, 11) is 0.